The molecule has 8 rings (SSSR count). The van der Waals surface area contributed by atoms with Gasteiger partial charge < -0.3 is 5.32 Å². The first-order valence-electron chi connectivity index (χ1n) is 18.1. The van der Waals surface area contributed by atoms with E-state index in [4.69, 9.17) is 11.6 Å². The van der Waals surface area contributed by atoms with Crippen LogP contribution in [0.5, 0.6) is 0 Å². The number of hydrogen-bond donors (Lipinski definition) is 2. The van der Waals surface area contributed by atoms with Crippen LogP contribution in [0.2, 0.25) is 5.02 Å². The van der Waals surface area contributed by atoms with E-state index in [1.54, 1.807) is 0 Å². The predicted molar refractivity (Wildman–Crippen MR) is 205 cm³/mol. The second-order valence-corrected chi connectivity index (χ2v) is 16.5. The highest BCUT2D eigenvalue weighted by atomic mass is 35.5. The summed E-state index contributed by atoms with van der Waals surface area (Å²) in [7, 11) is -2.52. The molecule has 0 saturated heterocycles. The summed E-state index contributed by atoms with van der Waals surface area (Å²) in [5.41, 5.74) is -3.80. The largest absolute Gasteiger partial charge is 0.370 e. The van der Waals surface area contributed by atoms with E-state index in [0.29, 0.717) is 10.7 Å². The second kappa shape index (κ2) is 15.0. The van der Waals surface area contributed by atoms with Crippen molar-refractivity contribution in [1.29, 1.82) is 0 Å². The van der Waals surface area contributed by atoms with Crippen molar-refractivity contribution in [2.75, 3.05) is 29.5 Å². The van der Waals surface area contributed by atoms with Gasteiger partial charge in [-0.2, -0.15) is 19.0 Å². The van der Waals surface area contributed by atoms with Crippen LogP contribution in [-0.4, -0.2) is 73.6 Å². The van der Waals surface area contributed by atoms with Crippen LogP contribution in [0.3, 0.4) is 0 Å². The number of amides is 1. The van der Waals surface area contributed by atoms with E-state index >= 15 is 8.78 Å². The van der Waals surface area contributed by atoms with Gasteiger partial charge in [0.25, 0.3) is 23.8 Å². The summed E-state index contributed by atoms with van der Waals surface area (Å²) in [6, 6.07) is 7.84. The Morgan fingerprint density at radius 3 is 2.50 bits per heavy atom. The zero-order chi connectivity index (χ0) is 43.0. The number of pyridine rings is 1. The molecule has 0 unspecified atom stereocenters. The number of halogens is 8. The number of aryl methyl sites for hydroxylation is 1. The van der Waals surface area contributed by atoms with Gasteiger partial charge in [-0.15, -0.1) is 0 Å². The van der Waals surface area contributed by atoms with Gasteiger partial charge in [0.1, 0.15) is 35.4 Å². The maximum absolute atomic E-state index is 15.4. The Morgan fingerprint density at radius 2 is 1.82 bits per heavy atom. The van der Waals surface area contributed by atoms with E-state index in [0.717, 1.165) is 23.0 Å². The van der Waals surface area contributed by atoms with Gasteiger partial charge in [-0.25, -0.2) is 40.9 Å². The first-order valence-corrected chi connectivity index (χ1v) is 20.3. The van der Waals surface area contributed by atoms with Crippen molar-refractivity contribution in [3.8, 4) is 5.69 Å². The number of benzene rings is 2. The molecule has 2 aliphatic carbocycles. The van der Waals surface area contributed by atoms with Crippen LogP contribution in [0.25, 0.3) is 27.6 Å². The van der Waals surface area contributed by atoms with Crippen molar-refractivity contribution < 1.29 is 43.9 Å². The third-order valence-electron chi connectivity index (χ3n) is 10.1. The molecule has 14 nitrogen and oxygen atoms in total. The molecule has 0 spiro atoms. The van der Waals surface area contributed by atoms with Gasteiger partial charge in [0.05, 0.1) is 45.6 Å². The zero-order valence-corrected chi connectivity index (χ0v) is 32.7. The Kier molecular flexibility index (Phi) is 10.2. The molecule has 0 aliphatic heterocycles. The first-order chi connectivity index (χ1) is 28.4. The average Bonchev–Trinajstić information content (AvgIpc) is 3.70. The minimum atomic E-state index is -3.93. The zero-order valence-electron chi connectivity index (χ0n) is 31.2. The lowest BCUT2D eigenvalue weighted by atomic mass is 10.1. The van der Waals surface area contributed by atoms with E-state index in [1.807, 2.05) is 0 Å². The molecule has 2 atom stereocenters. The molecule has 2 N–H and O–H groups in total. The number of carbonyl (C=O) groups excluding carboxylic acids is 1. The second-order valence-electron chi connectivity index (χ2n) is 14.3. The molecule has 1 amide bonds. The Balaban J connectivity index is 1.37. The van der Waals surface area contributed by atoms with Crippen LogP contribution in [0.15, 0.2) is 52.3 Å². The van der Waals surface area contributed by atoms with E-state index in [2.05, 4.69) is 35.2 Å². The topological polar surface area (TPSA) is 171 Å². The van der Waals surface area contributed by atoms with Crippen LogP contribution in [0.4, 0.5) is 42.4 Å². The number of aliphatic imine (C=N–C) groups is 1. The monoisotopic (exact) mass is 878 g/mol. The molecular formula is C37H30ClF7N10O4S. The summed E-state index contributed by atoms with van der Waals surface area (Å²) in [6.45, 7) is -1.59. The highest BCUT2D eigenvalue weighted by Gasteiger charge is 2.67. The minimum Gasteiger partial charge on any atom is -0.370 e. The summed E-state index contributed by atoms with van der Waals surface area (Å²) < 4.78 is 131. The smallest absolute Gasteiger partial charge is 0.293 e. The number of carbonyl (C=O) groups is 1. The normalized spacial score (nSPS) is 17.1. The van der Waals surface area contributed by atoms with Gasteiger partial charge in [0.2, 0.25) is 10.0 Å². The predicted octanol–water partition coefficient (Wildman–Crippen LogP) is 6.34. The maximum atomic E-state index is 15.4. The molecule has 60 heavy (non-hydrogen) atoms. The maximum Gasteiger partial charge on any atom is 0.293 e. The van der Waals surface area contributed by atoms with Crippen molar-refractivity contribution in [3.05, 3.63) is 97.8 Å². The standard InChI is InChI=1S/C37H30ClF7N10O4S/c1-53-30-24(6-5-22(38)28(30)34(51-53)52-60(2,58)59)55-35(49-33-19(36(55)57)4-7-25(48-33)46-9-3-8-39)23(12-16-10-17(40)13-18(41)11-16)47-26(56)15-54-31-27(29(50-54)32(42)43)20-14-21(20)37(31,44)45/h4-7,10-11,13,20-21,32H,3,8-9,12,14-15H2,1-2H3,(H,46,48)(H,51,52)/t20-,21+/m0/s1. The van der Waals surface area contributed by atoms with Crippen molar-refractivity contribution in [1.82, 2.24) is 34.1 Å². The van der Waals surface area contributed by atoms with Crippen LogP contribution >= 0.6 is 11.6 Å². The van der Waals surface area contributed by atoms with Crippen LogP contribution < -0.4 is 15.6 Å². The molecule has 2 aliphatic rings. The lowest BCUT2D eigenvalue weighted by molar-refractivity contribution is -0.118. The quantitative estimate of drug-likeness (QED) is 0.0763. The fourth-order valence-electron chi connectivity index (χ4n) is 7.62. The van der Waals surface area contributed by atoms with Gasteiger partial charge in [0.15, 0.2) is 17.3 Å². The SMILES string of the molecule is Cn1nc(NS(C)(=O)=O)c2c(Cl)ccc(-n3c(C(Cc4cc(F)cc(F)c4)=NC(=O)Cn4nc(C(F)F)c5c4C(F)(F)[C@@H]4C[C@H]54)nc4nc(NCCCF)ccc4c3=O)c21. The lowest BCUT2D eigenvalue weighted by Crippen LogP contribution is -2.29. The number of nitrogens with one attached hydrogen (secondary N) is 2. The molecular weight excluding hydrogens is 849 g/mol. The number of anilines is 2. The van der Waals surface area contributed by atoms with Crippen LogP contribution in [-0.2, 0) is 40.8 Å². The summed E-state index contributed by atoms with van der Waals surface area (Å²) in [4.78, 5) is 41.8. The van der Waals surface area contributed by atoms with E-state index in [9.17, 15) is 40.0 Å². The third-order valence-corrected chi connectivity index (χ3v) is 10.9. The van der Waals surface area contributed by atoms with Crippen molar-refractivity contribution >= 4 is 66.8 Å². The van der Waals surface area contributed by atoms with E-state index in [-0.39, 0.29) is 74.8 Å². The van der Waals surface area contributed by atoms with Crippen LogP contribution in [0, 0.1) is 17.6 Å². The average molecular weight is 879 g/mol. The number of aromatic nitrogens is 7. The molecule has 2 aromatic carbocycles. The highest BCUT2D eigenvalue weighted by molar-refractivity contribution is 7.92. The summed E-state index contributed by atoms with van der Waals surface area (Å²) >= 11 is 6.57. The Bertz CT molecular complexity index is 2950. The van der Waals surface area contributed by atoms with Crippen LogP contribution in [0.1, 0.15) is 53.5 Å². The molecule has 314 valence electrons. The number of fused-ring (bicyclic) bond motifs is 5. The molecule has 1 fully saturated rings. The van der Waals surface area contributed by atoms with Gasteiger partial charge in [-0.1, -0.05) is 11.6 Å². The molecule has 0 bridgehead atoms. The molecule has 23 heteroatoms. The molecule has 6 aromatic rings. The molecule has 0 radical (unpaired) electrons. The fourth-order valence-corrected chi connectivity index (χ4v) is 8.35. The third kappa shape index (κ3) is 7.34. The van der Waals surface area contributed by atoms with E-state index < -0.39 is 99.9 Å². The van der Waals surface area contributed by atoms with Crippen molar-refractivity contribution in [2.45, 2.75) is 44.1 Å². The Morgan fingerprint density at radius 1 is 1.08 bits per heavy atom. The van der Waals surface area contributed by atoms with E-state index in [1.165, 1.54) is 36.0 Å². The molecule has 1 saturated carbocycles. The minimum absolute atomic E-state index is 0.00864. The number of hydrogen-bond acceptors (Lipinski definition) is 9. The summed E-state index contributed by atoms with van der Waals surface area (Å²) in [5, 5.41) is 10.7. The van der Waals surface area contributed by atoms with Gasteiger partial charge in [-0.3, -0.25) is 32.6 Å². The lowest BCUT2D eigenvalue weighted by Gasteiger charge is -2.18. The Hall–Kier alpha value is -5.90. The first kappa shape index (κ1) is 40.9. The van der Waals surface area contributed by atoms with Gasteiger partial charge >= 0.3 is 0 Å². The highest BCUT2D eigenvalue weighted by Crippen LogP contribution is 2.68. The van der Waals surface area contributed by atoms with Gasteiger partial charge in [-0.05, 0) is 60.7 Å². The summed E-state index contributed by atoms with van der Waals surface area (Å²) in [5.74, 6) is -9.53. The van der Waals surface area contributed by atoms with Crippen molar-refractivity contribution in [2.24, 2.45) is 18.0 Å². The summed E-state index contributed by atoms with van der Waals surface area (Å²) in [6.07, 6.45) is -2.92. The number of sulfonamides is 1. The number of alkyl halides is 5. The van der Waals surface area contributed by atoms with Gasteiger partial charge in [0, 0.05) is 37.6 Å². The number of nitrogens with zero attached hydrogens (tertiary/aromatic N) is 8. The molecule has 4 heterocycles. The molecule has 4 aromatic heterocycles. The van der Waals surface area contributed by atoms with Crippen molar-refractivity contribution in [3.63, 3.8) is 0 Å². The Labute approximate surface area is 339 Å². The number of rotatable bonds is 13. The fraction of sp³-hybridized carbons (Fsp3) is 0.324.